The number of carbonyl (C=O) groups excluding carboxylic acids is 1. The second kappa shape index (κ2) is 7.58. The Bertz CT molecular complexity index is 504. The lowest BCUT2D eigenvalue weighted by molar-refractivity contribution is -0.117. The molecule has 0 spiro atoms. The molecular formula is C14H19Cl2N3OS. The summed E-state index contributed by atoms with van der Waals surface area (Å²) in [4.78, 5) is 14.3. The normalized spacial score (nSPS) is 19.5. The van der Waals surface area contributed by atoms with Gasteiger partial charge in [0.25, 0.3) is 0 Å². The van der Waals surface area contributed by atoms with Crippen LogP contribution in [0.25, 0.3) is 0 Å². The van der Waals surface area contributed by atoms with Crippen LogP contribution in [0.2, 0.25) is 10.0 Å². The third-order valence-corrected chi connectivity index (χ3v) is 5.34. The fraction of sp³-hybridized carbons (Fsp3) is 0.500. The molecule has 1 aliphatic rings. The minimum Gasteiger partial charge on any atom is -0.399 e. The highest BCUT2D eigenvalue weighted by Crippen LogP contribution is 2.32. The zero-order valence-corrected chi connectivity index (χ0v) is 14.2. The summed E-state index contributed by atoms with van der Waals surface area (Å²) in [6, 6.07) is 3.15. The molecule has 1 unspecified atom stereocenters. The number of rotatable bonds is 4. The summed E-state index contributed by atoms with van der Waals surface area (Å²) in [6.07, 6.45) is 1.12. The van der Waals surface area contributed by atoms with Crippen LogP contribution in [-0.2, 0) is 4.79 Å². The Labute approximate surface area is 139 Å². The largest absolute Gasteiger partial charge is 0.399 e. The van der Waals surface area contributed by atoms with Crippen molar-refractivity contribution in [2.75, 3.05) is 36.4 Å². The van der Waals surface area contributed by atoms with E-state index in [4.69, 9.17) is 28.9 Å². The highest BCUT2D eigenvalue weighted by Gasteiger charge is 2.21. The van der Waals surface area contributed by atoms with Crippen LogP contribution in [0.5, 0.6) is 0 Å². The van der Waals surface area contributed by atoms with Crippen molar-refractivity contribution in [1.29, 1.82) is 0 Å². The van der Waals surface area contributed by atoms with Gasteiger partial charge in [-0.05, 0) is 18.6 Å². The first-order chi connectivity index (χ1) is 9.99. The maximum absolute atomic E-state index is 12.2. The van der Waals surface area contributed by atoms with Gasteiger partial charge in [0.15, 0.2) is 0 Å². The van der Waals surface area contributed by atoms with Gasteiger partial charge in [0.2, 0.25) is 5.91 Å². The molecule has 3 N–H and O–H groups in total. The predicted molar refractivity (Wildman–Crippen MR) is 92.5 cm³/mol. The molecule has 1 aromatic carbocycles. The highest BCUT2D eigenvalue weighted by molar-refractivity contribution is 8.00. The molecular weight excluding hydrogens is 329 g/mol. The summed E-state index contributed by atoms with van der Waals surface area (Å²) < 4.78 is 0. The molecule has 0 radical (unpaired) electrons. The topological polar surface area (TPSA) is 58.4 Å². The standard InChI is InChI=1S/C14H19Cl2N3OS/c1-2-10-7-19(3-4-21-10)8-13(20)18-14-11(15)5-9(17)6-12(14)16/h5-6,10H,2-4,7-8,17H2,1H3,(H,18,20). The summed E-state index contributed by atoms with van der Waals surface area (Å²) in [5.41, 5.74) is 6.55. The van der Waals surface area contributed by atoms with Crippen molar-refractivity contribution in [3.8, 4) is 0 Å². The first kappa shape index (κ1) is 16.7. The van der Waals surface area contributed by atoms with Crippen molar-refractivity contribution in [2.24, 2.45) is 0 Å². The number of anilines is 2. The molecule has 1 heterocycles. The Morgan fingerprint density at radius 1 is 1.48 bits per heavy atom. The molecule has 0 saturated carbocycles. The Kier molecular flexibility index (Phi) is 6.05. The van der Waals surface area contributed by atoms with Crippen molar-refractivity contribution in [3.05, 3.63) is 22.2 Å². The van der Waals surface area contributed by atoms with Gasteiger partial charge in [-0.1, -0.05) is 30.1 Å². The van der Waals surface area contributed by atoms with Crippen LogP contribution in [0.4, 0.5) is 11.4 Å². The number of nitrogens with two attached hydrogens (primary N) is 1. The van der Waals surface area contributed by atoms with E-state index < -0.39 is 0 Å². The van der Waals surface area contributed by atoms with Gasteiger partial charge in [-0.25, -0.2) is 0 Å². The molecule has 1 saturated heterocycles. The van der Waals surface area contributed by atoms with Crippen LogP contribution in [0.15, 0.2) is 12.1 Å². The fourth-order valence-corrected chi connectivity index (χ4v) is 4.11. The van der Waals surface area contributed by atoms with E-state index in [1.54, 1.807) is 12.1 Å². The number of benzene rings is 1. The number of amides is 1. The van der Waals surface area contributed by atoms with Gasteiger partial charge in [0.1, 0.15) is 0 Å². The number of nitrogens with one attached hydrogen (secondary N) is 1. The summed E-state index contributed by atoms with van der Waals surface area (Å²) in [6.45, 7) is 4.40. The fourth-order valence-electron chi connectivity index (χ4n) is 2.27. The number of carbonyl (C=O) groups is 1. The van der Waals surface area contributed by atoms with Crippen molar-refractivity contribution < 1.29 is 4.79 Å². The maximum atomic E-state index is 12.2. The molecule has 7 heteroatoms. The third kappa shape index (κ3) is 4.68. The van der Waals surface area contributed by atoms with Gasteiger partial charge in [-0.15, -0.1) is 0 Å². The number of nitrogens with zero attached hydrogens (tertiary/aromatic N) is 1. The summed E-state index contributed by atoms with van der Waals surface area (Å²) in [7, 11) is 0. The lowest BCUT2D eigenvalue weighted by Gasteiger charge is -2.31. The van der Waals surface area contributed by atoms with Crippen LogP contribution >= 0.6 is 35.0 Å². The minimum absolute atomic E-state index is 0.106. The summed E-state index contributed by atoms with van der Waals surface area (Å²) in [5.74, 6) is 0.958. The molecule has 1 aliphatic heterocycles. The summed E-state index contributed by atoms with van der Waals surface area (Å²) in [5, 5.41) is 4.10. The molecule has 116 valence electrons. The van der Waals surface area contributed by atoms with Crippen LogP contribution in [-0.4, -0.2) is 41.4 Å². The van der Waals surface area contributed by atoms with E-state index in [1.165, 1.54) is 0 Å². The molecule has 1 aromatic rings. The number of hydrogen-bond acceptors (Lipinski definition) is 4. The number of thioether (sulfide) groups is 1. The smallest absolute Gasteiger partial charge is 0.238 e. The van der Waals surface area contributed by atoms with Crippen molar-refractivity contribution in [3.63, 3.8) is 0 Å². The lowest BCUT2D eigenvalue weighted by atomic mass is 10.2. The van der Waals surface area contributed by atoms with Crippen molar-refractivity contribution in [1.82, 2.24) is 4.90 Å². The average molecular weight is 348 g/mol. The highest BCUT2D eigenvalue weighted by atomic mass is 35.5. The Morgan fingerprint density at radius 2 is 2.14 bits per heavy atom. The predicted octanol–water partition coefficient (Wildman–Crippen LogP) is 3.34. The van der Waals surface area contributed by atoms with Gasteiger partial charge in [0, 0.05) is 29.8 Å². The van der Waals surface area contributed by atoms with Gasteiger partial charge >= 0.3 is 0 Å². The van der Waals surface area contributed by atoms with Crippen LogP contribution < -0.4 is 11.1 Å². The van der Waals surface area contributed by atoms with Crippen molar-refractivity contribution >= 4 is 52.2 Å². The second-order valence-corrected chi connectivity index (χ2v) is 7.27. The number of halogens is 2. The first-order valence-electron chi connectivity index (χ1n) is 6.88. The Hall–Kier alpha value is -0.620. The Morgan fingerprint density at radius 3 is 2.76 bits per heavy atom. The van der Waals surface area contributed by atoms with Crippen LogP contribution in [0.1, 0.15) is 13.3 Å². The molecule has 0 aliphatic carbocycles. The van der Waals surface area contributed by atoms with E-state index in [0.717, 1.165) is 25.3 Å². The summed E-state index contributed by atoms with van der Waals surface area (Å²) >= 11 is 14.1. The molecule has 0 aromatic heterocycles. The molecule has 1 amide bonds. The van der Waals surface area contributed by atoms with Gasteiger partial charge in [-0.2, -0.15) is 11.8 Å². The molecule has 21 heavy (non-hydrogen) atoms. The monoisotopic (exact) mass is 347 g/mol. The maximum Gasteiger partial charge on any atom is 0.238 e. The van der Waals surface area contributed by atoms with E-state index >= 15 is 0 Å². The zero-order chi connectivity index (χ0) is 15.4. The van der Waals surface area contributed by atoms with E-state index in [0.29, 0.717) is 33.2 Å². The van der Waals surface area contributed by atoms with E-state index in [9.17, 15) is 4.79 Å². The second-order valence-electron chi connectivity index (χ2n) is 5.04. The van der Waals surface area contributed by atoms with Gasteiger partial charge in [0.05, 0.1) is 22.3 Å². The lowest BCUT2D eigenvalue weighted by Crippen LogP contribution is -2.42. The zero-order valence-electron chi connectivity index (χ0n) is 11.9. The third-order valence-electron chi connectivity index (χ3n) is 3.37. The van der Waals surface area contributed by atoms with Gasteiger partial charge < -0.3 is 11.1 Å². The van der Waals surface area contributed by atoms with Gasteiger partial charge in [-0.3, -0.25) is 9.69 Å². The molecule has 2 rings (SSSR count). The molecule has 1 atom stereocenters. The van der Waals surface area contributed by atoms with E-state index in [1.807, 2.05) is 11.8 Å². The van der Waals surface area contributed by atoms with E-state index in [-0.39, 0.29) is 5.91 Å². The van der Waals surface area contributed by atoms with Crippen LogP contribution in [0.3, 0.4) is 0 Å². The quantitative estimate of drug-likeness (QED) is 0.820. The molecule has 4 nitrogen and oxygen atoms in total. The SMILES string of the molecule is CCC1CN(CC(=O)Nc2c(Cl)cc(N)cc2Cl)CCS1. The molecule has 0 bridgehead atoms. The Balaban J connectivity index is 1.96. The van der Waals surface area contributed by atoms with Crippen LogP contribution in [0, 0.1) is 0 Å². The molecule has 1 fully saturated rings. The minimum atomic E-state index is -0.106. The average Bonchev–Trinajstić information content (AvgIpc) is 2.43. The van der Waals surface area contributed by atoms with Crippen molar-refractivity contribution in [2.45, 2.75) is 18.6 Å². The first-order valence-corrected chi connectivity index (χ1v) is 8.68. The van der Waals surface area contributed by atoms with E-state index in [2.05, 4.69) is 17.1 Å². The number of hydrogen-bond donors (Lipinski definition) is 2. The number of nitrogen functional groups attached to an aromatic ring is 1.